The van der Waals surface area contributed by atoms with Crippen molar-refractivity contribution in [2.24, 2.45) is 5.92 Å². The van der Waals surface area contributed by atoms with Crippen LogP contribution in [0.5, 0.6) is 0 Å². The van der Waals surface area contributed by atoms with E-state index in [1.165, 1.54) is 0 Å². The number of piperidine rings is 1. The lowest BCUT2D eigenvalue weighted by Gasteiger charge is -2.31. The monoisotopic (exact) mass is 305 g/mol. The number of nitrogens with zero attached hydrogens (tertiary/aromatic N) is 1. The molecule has 0 spiro atoms. The normalized spacial score (nSPS) is 16.8. The SMILES string of the molecule is CC(C)(O)CCc1cccc(C(=O)N2CCC(CO)CC2)c1. The number of benzene rings is 1. The van der Waals surface area contributed by atoms with E-state index in [1.54, 1.807) is 13.8 Å². The van der Waals surface area contributed by atoms with Crippen LogP contribution in [0.2, 0.25) is 0 Å². The summed E-state index contributed by atoms with van der Waals surface area (Å²) in [4.78, 5) is 14.4. The van der Waals surface area contributed by atoms with Crippen LogP contribution in [-0.2, 0) is 6.42 Å². The molecule has 22 heavy (non-hydrogen) atoms. The van der Waals surface area contributed by atoms with Crippen LogP contribution in [0.15, 0.2) is 24.3 Å². The van der Waals surface area contributed by atoms with Gasteiger partial charge in [0, 0.05) is 25.3 Å². The molecule has 0 radical (unpaired) electrons. The van der Waals surface area contributed by atoms with Crippen LogP contribution in [0.1, 0.15) is 49.0 Å². The standard InChI is InChI=1S/C18H27NO3/c1-18(2,22)9-6-14-4-3-5-16(12-14)17(21)19-10-7-15(13-20)8-11-19/h3-5,12,15,20,22H,6-11,13H2,1-2H3. The van der Waals surface area contributed by atoms with E-state index in [1.807, 2.05) is 29.2 Å². The van der Waals surface area contributed by atoms with E-state index in [2.05, 4.69) is 0 Å². The second-order valence-corrected chi connectivity index (χ2v) is 6.93. The lowest BCUT2D eigenvalue weighted by Crippen LogP contribution is -2.39. The number of aliphatic hydroxyl groups is 2. The van der Waals surface area contributed by atoms with Crippen molar-refractivity contribution in [3.05, 3.63) is 35.4 Å². The van der Waals surface area contributed by atoms with Crippen LogP contribution in [0.25, 0.3) is 0 Å². The average Bonchev–Trinajstić information content (AvgIpc) is 2.52. The number of aryl methyl sites for hydroxylation is 1. The summed E-state index contributed by atoms with van der Waals surface area (Å²) in [5.41, 5.74) is 1.11. The van der Waals surface area contributed by atoms with Gasteiger partial charge < -0.3 is 15.1 Å². The van der Waals surface area contributed by atoms with Gasteiger partial charge in [0.05, 0.1) is 5.60 Å². The number of carbonyl (C=O) groups is 1. The van der Waals surface area contributed by atoms with Crippen LogP contribution in [0.4, 0.5) is 0 Å². The highest BCUT2D eigenvalue weighted by Crippen LogP contribution is 2.20. The Balaban J connectivity index is 1.98. The molecular weight excluding hydrogens is 278 g/mol. The van der Waals surface area contributed by atoms with E-state index >= 15 is 0 Å². The first-order valence-corrected chi connectivity index (χ1v) is 8.10. The molecule has 1 heterocycles. The maximum absolute atomic E-state index is 12.6. The van der Waals surface area contributed by atoms with Crippen molar-refractivity contribution in [3.8, 4) is 0 Å². The first-order valence-electron chi connectivity index (χ1n) is 8.10. The molecule has 4 heteroatoms. The number of hydrogen-bond acceptors (Lipinski definition) is 3. The molecule has 4 nitrogen and oxygen atoms in total. The van der Waals surface area contributed by atoms with Crippen LogP contribution in [-0.4, -0.2) is 46.3 Å². The Hall–Kier alpha value is -1.39. The van der Waals surface area contributed by atoms with Crippen molar-refractivity contribution < 1.29 is 15.0 Å². The highest BCUT2D eigenvalue weighted by molar-refractivity contribution is 5.94. The molecule has 0 aliphatic carbocycles. The zero-order valence-corrected chi connectivity index (χ0v) is 13.6. The average molecular weight is 305 g/mol. The predicted octanol–water partition coefficient (Wildman–Crippen LogP) is 2.23. The molecule has 0 bridgehead atoms. The van der Waals surface area contributed by atoms with Gasteiger partial charge in [0.1, 0.15) is 0 Å². The summed E-state index contributed by atoms with van der Waals surface area (Å²) in [6, 6.07) is 7.70. The second-order valence-electron chi connectivity index (χ2n) is 6.93. The number of carbonyl (C=O) groups excluding carboxylic acids is 1. The summed E-state index contributed by atoms with van der Waals surface area (Å²) in [6.45, 7) is 5.25. The molecule has 1 aromatic rings. The number of amides is 1. The molecule has 1 saturated heterocycles. The number of aliphatic hydroxyl groups excluding tert-OH is 1. The third-order valence-corrected chi connectivity index (χ3v) is 4.36. The first kappa shape index (κ1) is 17.0. The van der Waals surface area contributed by atoms with Crippen molar-refractivity contribution in [3.63, 3.8) is 0 Å². The van der Waals surface area contributed by atoms with E-state index in [4.69, 9.17) is 0 Å². The van der Waals surface area contributed by atoms with Crippen molar-refractivity contribution in [1.82, 2.24) is 4.90 Å². The Kier molecular flexibility index (Phi) is 5.59. The Morgan fingerprint density at radius 3 is 2.59 bits per heavy atom. The lowest BCUT2D eigenvalue weighted by atomic mass is 9.96. The fraction of sp³-hybridized carbons (Fsp3) is 0.611. The molecule has 2 rings (SSSR count). The molecular formula is C18H27NO3. The maximum atomic E-state index is 12.6. The van der Waals surface area contributed by atoms with Crippen molar-refractivity contribution in [2.75, 3.05) is 19.7 Å². The summed E-state index contributed by atoms with van der Waals surface area (Å²) in [6.07, 6.45) is 3.19. The van der Waals surface area contributed by atoms with Gasteiger partial charge in [-0.25, -0.2) is 0 Å². The molecule has 1 aliphatic rings. The summed E-state index contributed by atoms with van der Waals surface area (Å²) in [5.74, 6) is 0.406. The van der Waals surface area contributed by atoms with Crippen molar-refractivity contribution >= 4 is 5.91 Å². The number of likely N-dealkylation sites (tertiary alicyclic amines) is 1. The molecule has 1 aromatic carbocycles. The quantitative estimate of drug-likeness (QED) is 0.877. The van der Waals surface area contributed by atoms with Crippen LogP contribution >= 0.6 is 0 Å². The lowest BCUT2D eigenvalue weighted by molar-refractivity contribution is 0.0651. The van der Waals surface area contributed by atoms with E-state index < -0.39 is 5.60 Å². The zero-order valence-electron chi connectivity index (χ0n) is 13.6. The van der Waals surface area contributed by atoms with E-state index in [0.717, 1.165) is 43.5 Å². The zero-order chi connectivity index (χ0) is 16.2. The molecule has 2 N–H and O–H groups in total. The van der Waals surface area contributed by atoms with E-state index in [9.17, 15) is 15.0 Å². The molecule has 1 amide bonds. The highest BCUT2D eigenvalue weighted by Gasteiger charge is 2.23. The van der Waals surface area contributed by atoms with Gasteiger partial charge in [-0.15, -0.1) is 0 Å². The Labute approximate surface area is 132 Å². The largest absolute Gasteiger partial charge is 0.396 e. The molecule has 0 unspecified atom stereocenters. The molecule has 122 valence electrons. The van der Waals surface area contributed by atoms with Gasteiger partial charge in [-0.3, -0.25) is 4.79 Å². The smallest absolute Gasteiger partial charge is 0.253 e. The van der Waals surface area contributed by atoms with E-state index in [0.29, 0.717) is 12.3 Å². The minimum atomic E-state index is -0.688. The van der Waals surface area contributed by atoms with Crippen LogP contribution in [0, 0.1) is 5.92 Å². The fourth-order valence-corrected chi connectivity index (χ4v) is 2.81. The number of rotatable bonds is 5. The fourth-order valence-electron chi connectivity index (χ4n) is 2.81. The van der Waals surface area contributed by atoms with Crippen molar-refractivity contribution in [1.29, 1.82) is 0 Å². The van der Waals surface area contributed by atoms with Crippen LogP contribution < -0.4 is 0 Å². The number of hydrogen-bond donors (Lipinski definition) is 2. The minimum Gasteiger partial charge on any atom is -0.396 e. The molecule has 1 aliphatic heterocycles. The Morgan fingerprint density at radius 2 is 2.00 bits per heavy atom. The molecule has 1 fully saturated rings. The minimum absolute atomic E-state index is 0.0708. The predicted molar refractivity (Wildman–Crippen MR) is 86.8 cm³/mol. The third-order valence-electron chi connectivity index (χ3n) is 4.36. The van der Waals surface area contributed by atoms with Gasteiger partial charge in [-0.05, 0) is 63.1 Å². The van der Waals surface area contributed by atoms with Gasteiger partial charge in [0.25, 0.3) is 5.91 Å². The second kappa shape index (κ2) is 7.25. The summed E-state index contributed by atoms with van der Waals surface area (Å²) >= 11 is 0. The summed E-state index contributed by atoms with van der Waals surface area (Å²) in [5, 5.41) is 19.0. The maximum Gasteiger partial charge on any atom is 0.253 e. The first-order chi connectivity index (χ1) is 10.4. The van der Waals surface area contributed by atoms with Gasteiger partial charge in [0.2, 0.25) is 0 Å². The summed E-state index contributed by atoms with van der Waals surface area (Å²) < 4.78 is 0. The van der Waals surface area contributed by atoms with Gasteiger partial charge in [-0.1, -0.05) is 12.1 Å². The third kappa shape index (κ3) is 4.82. The Bertz CT molecular complexity index is 499. The van der Waals surface area contributed by atoms with Gasteiger partial charge in [-0.2, -0.15) is 0 Å². The Morgan fingerprint density at radius 1 is 1.32 bits per heavy atom. The topological polar surface area (TPSA) is 60.8 Å². The molecule has 0 saturated carbocycles. The highest BCUT2D eigenvalue weighted by atomic mass is 16.3. The molecule has 0 atom stereocenters. The summed E-state index contributed by atoms with van der Waals surface area (Å²) in [7, 11) is 0. The van der Waals surface area contributed by atoms with Gasteiger partial charge >= 0.3 is 0 Å². The van der Waals surface area contributed by atoms with E-state index in [-0.39, 0.29) is 12.5 Å². The molecule has 0 aromatic heterocycles. The van der Waals surface area contributed by atoms with Crippen LogP contribution in [0.3, 0.4) is 0 Å². The van der Waals surface area contributed by atoms with Crippen molar-refractivity contribution in [2.45, 2.75) is 45.1 Å². The van der Waals surface area contributed by atoms with Gasteiger partial charge in [0.15, 0.2) is 0 Å².